The molecule has 114 valence electrons. The SMILES string of the molecule is CCc1nc(COc2ccc(CO)cc2C(F)(F)F)cs1. The first kappa shape index (κ1) is 15.8. The number of alkyl halides is 3. The molecule has 0 amide bonds. The normalized spacial score (nSPS) is 11.7. The molecule has 1 heterocycles. The number of ether oxygens (including phenoxy) is 1. The number of thiazole rings is 1. The number of hydrogen-bond acceptors (Lipinski definition) is 4. The third kappa shape index (κ3) is 3.95. The van der Waals surface area contributed by atoms with E-state index in [-0.39, 0.29) is 17.9 Å². The van der Waals surface area contributed by atoms with Crippen LogP contribution in [0.15, 0.2) is 23.6 Å². The van der Waals surface area contributed by atoms with Crippen molar-refractivity contribution in [3.8, 4) is 5.75 Å². The van der Waals surface area contributed by atoms with Crippen molar-refractivity contribution >= 4 is 11.3 Å². The molecule has 0 bridgehead atoms. The summed E-state index contributed by atoms with van der Waals surface area (Å²) in [6.45, 7) is 1.49. The van der Waals surface area contributed by atoms with E-state index in [0.717, 1.165) is 17.5 Å². The summed E-state index contributed by atoms with van der Waals surface area (Å²) in [5, 5.41) is 11.6. The smallest absolute Gasteiger partial charge is 0.419 e. The van der Waals surface area contributed by atoms with Gasteiger partial charge in [0.1, 0.15) is 12.4 Å². The Labute approximate surface area is 124 Å². The predicted octanol–water partition coefficient (Wildman–Crippen LogP) is 3.80. The Hall–Kier alpha value is -1.60. The lowest BCUT2D eigenvalue weighted by molar-refractivity contribution is -0.139. The van der Waals surface area contributed by atoms with Gasteiger partial charge in [0.05, 0.1) is 22.9 Å². The molecule has 0 spiro atoms. The van der Waals surface area contributed by atoms with E-state index in [1.807, 2.05) is 6.92 Å². The molecular formula is C14H14F3NO2S. The minimum absolute atomic E-state index is 0.0158. The molecule has 0 aliphatic heterocycles. The summed E-state index contributed by atoms with van der Waals surface area (Å²) in [6.07, 6.45) is -3.75. The van der Waals surface area contributed by atoms with Crippen LogP contribution in [0.2, 0.25) is 0 Å². The van der Waals surface area contributed by atoms with Gasteiger partial charge >= 0.3 is 6.18 Å². The van der Waals surface area contributed by atoms with E-state index in [9.17, 15) is 13.2 Å². The fraction of sp³-hybridized carbons (Fsp3) is 0.357. The molecule has 0 atom stereocenters. The van der Waals surface area contributed by atoms with Gasteiger partial charge in [0, 0.05) is 5.38 Å². The van der Waals surface area contributed by atoms with Crippen molar-refractivity contribution in [3.05, 3.63) is 45.4 Å². The summed E-state index contributed by atoms with van der Waals surface area (Å²) in [7, 11) is 0. The zero-order chi connectivity index (χ0) is 15.5. The van der Waals surface area contributed by atoms with Gasteiger partial charge in [-0.1, -0.05) is 13.0 Å². The van der Waals surface area contributed by atoms with Crippen LogP contribution >= 0.6 is 11.3 Å². The highest BCUT2D eigenvalue weighted by Gasteiger charge is 2.34. The van der Waals surface area contributed by atoms with Crippen LogP contribution in [0.3, 0.4) is 0 Å². The number of halogens is 3. The minimum Gasteiger partial charge on any atom is -0.487 e. The second-order valence-electron chi connectivity index (χ2n) is 4.36. The summed E-state index contributed by atoms with van der Waals surface area (Å²) in [4.78, 5) is 4.24. The van der Waals surface area contributed by atoms with Crippen molar-refractivity contribution in [2.75, 3.05) is 0 Å². The summed E-state index contributed by atoms with van der Waals surface area (Å²) in [6, 6.07) is 3.53. The zero-order valence-corrected chi connectivity index (χ0v) is 12.1. The average Bonchev–Trinajstić information content (AvgIpc) is 2.92. The largest absolute Gasteiger partial charge is 0.487 e. The first-order chi connectivity index (χ1) is 9.94. The van der Waals surface area contributed by atoms with Gasteiger partial charge in [0.15, 0.2) is 0 Å². The molecule has 21 heavy (non-hydrogen) atoms. The number of benzene rings is 1. The lowest BCUT2D eigenvalue weighted by atomic mass is 10.1. The van der Waals surface area contributed by atoms with E-state index in [2.05, 4.69) is 4.98 Å². The second kappa shape index (κ2) is 6.44. The number of aliphatic hydroxyl groups is 1. The van der Waals surface area contributed by atoms with E-state index in [1.54, 1.807) is 5.38 Å². The van der Waals surface area contributed by atoms with E-state index in [1.165, 1.54) is 23.5 Å². The van der Waals surface area contributed by atoms with Gasteiger partial charge in [-0.15, -0.1) is 11.3 Å². The van der Waals surface area contributed by atoms with Gasteiger partial charge in [0.2, 0.25) is 0 Å². The molecule has 3 nitrogen and oxygen atoms in total. The van der Waals surface area contributed by atoms with Crippen molar-refractivity contribution in [1.29, 1.82) is 0 Å². The van der Waals surface area contributed by atoms with Gasteiger partial charge in [-0.25, -0.2) is 4.98 Å². The van der Waals surface area contributed by atoms with Crippen LogP contribution in [0.5, 0.6) is 5.75 Å². The fourth-order valence-corrected chi connectivity index (χ4v) is 2.48. The minimum atomic E-state index is -4.53. The van der Waals surface area contributed by atoms with Gasteiger partial charge in [-0.2, -0.15) is 13.2 Å². The summed E-state index contributed by atoms with van der Waals surface area (Å²) in [5.74, 6) is -0.259. The van der Waals surface area contributed by atoms with Crippen LogP contribution in [0.4, 0.5) is 13.2 Å². The van der Waals surface area contributed by atoms with Crippen molar-refractivity contribution in [3.63, 3.8) is 0 Å². The summed E-state index contributed by atoms with van der Waals surface area (Å²) in [5.41, 5.74) is -0.0900. The first-order valence-electron chi connectivity index (χ1n) is 6.31. The maximum Gasteiger partial charge on any atom is 0.419 e. The molecule has 0 aliphatic rings. The molecule has 0 unspecified atom stereocenters. The Morgan fingerprint density at radius 3 is 2.67 bits per heavy atom. The van der Waals surface area contributed by atoms with E-state index in [4.69, 9.17) is 9.84 Å². The van der Waals surface area contributed by atoms with Crippen LogP contribution in [-0.4, -0.2) is 10.1 Å². The predicted molar refractivity (Wildman–Crippen MR) is 73.2 cm³/mol. The number of aliphatic hydroxyl groups excluding tert-OH is 1. The quantitative estimate of drug-likeness (QED) is 0.912. The van der Waals surface area contributed by atoms with Gasteiger partial charge in [-0.3, -0.25) is 0 Å². The average molecular weight is 317 g/mol. The standard InChI is InChI=1S/C14H14F3NO2S/c1-2-13-18-10(8-21-13)7-20-12-4-3-9(6-19)5-11(12)14(15,16)17/h3-5,8,19H,2,6-7H2,1H3. The highest BCUT2D eigenvalue weighted by Crippen LogP contribution is 2.37. The molecule has 2 rings (SSSR count). The maximum absolute atomic E-state index is 13.0. The molecule has 1 aromatic heterocycles. The van der Waals surface area contributed by atoms with E-state index < -0.39 is 18.3 Å². The Bertz CT molecular complexity index is 611. The Morgan fingerprint density at radius 2 is 2.10 bits per heavy atom. The zero-order valence-electron chi connectivity index (χ0n) is 11.3. The first-order valence-corrected chi connectivity index (χ1v) is 7.19. The molecule has 1 N–H and O–H groups in total. The lowest BCUT2D eigenvalue weighted by Gasteiger charge is -2.14. The molecule has 0 radical (unpaired) electrons. The van der Waals surface area contributed by atoms with E-state index >= 15 is 0 Å². The number of aromatic nitrogens is 1. The van der Waals surface area contributed by atoms with Crippen molar-refractivity contribution < 1.29 is 23.0 Å². The van der Waals surface area contributed by atoms with Crippen LogP contribution in [-0.2, 0) is 25.8 Å². The molecule has 0 fully saturated rings. The monoisotopic (exact) mass is 317 g/mol. The fourth-order valence-electron chi connectivity index (χ4n) is 1.75. The lowest BCUT2D eigenvalue weighted by Crippen LogP contribution is -2.09. The Balaban J connectivity index is 2.19. The molecule has 0 aliphatic carbocycles. The van der Waals surface area contributed by atoms with Crippen LogP contribution in [0.25, 0.3) is 0 Å². The molecule has 7 heteroatoms. The number of aryl methyl sites for hydroxylation is 1. The highest BCUT2D eigenvalue weighted by molar-refractivity contribution is 7.09. The van der Waals surface area contributed by atoms with Crippen LogP contribution < -0.4 is 4.74 Å². The topological polar surface area (TPSA) is 42.4 Å². The third-order valence-corrected chi connectivity index (χ3v) is 3.85. The van der Waals surface area contributed by atoms with Gasteiger partial charge in [0.25, 0.3) is 0 Å². The molecule has 0 saturated carbocycles. The molecule has 1 aromatic carbocycles. The van der Waals surface area contributed by atoms with Crippen molar-refractivity contribution in [2.45, 2.75) is 32.7 Å². The van der Waals surface area contributed by atoms with Crippen molar-refractivity contribution in [2.24, 2.45) is 0 Å². The maximum atomic E-state index is 13.0. The molecule has 2 aromatic rings. The van der Waals surface area contributed by atoms with Gasteiger partial charge < -0.3 is 9.84 Å². The summed E-state index contributed by atoms with van der Waals surface area (Å²) >= 11 is 1.45. The molecule has 0 saturated heterocycles. The third-order valence-electron chi connectivity index (χ3n) is 2.81. The Morgan fingerprint density at radius 1 is 1.33 bits per heavy atom. The number of nitrogens with zero attached hydrogens (tertiary/aromatic N) is 1. The Kier molecular flexibility index (Phi) is 4.84. The second-order valence-corrected chi connectivity index (χ2v) is 5.30. The highest BCUT2D eigenvalue weighted by atomic mass is 32.1. The van der Waals surface area contributed by atoms with Crippen LogP contribution in [0, 0.1) is 0 Å². The van der Waals surface area contributed by atoms with Gasteiger partial charge in [-0.05, 0) is 24.1 Å². The number of rotatable bonds is 5. The molecular weight excluding hydrogens is 303 g/mol. The van der Waals surface area contributed by atoms with Crippen LogP contribution in [0.1, 0.15) is 28.8 Å². The number of hydrogen-bond donors (Lipinski definition) is 1. The van der Waals surface area contributed by atoms with E-state index in [0.29, 0.717) is 5.69 Å². The van der Waals surface area contributed by atoms with Crippen molar-refractivity contribution in [1.82, 2.24) is 4.98 Å². The summed E-state index contributed by atoms with van der Waals surface area (Å²) < 4.78 is 44.2.